The molecule has 2 rings (SSSR count). The smallest absolute Gasteiger partial charge is 0.139 e. The van der Waals surface area contributed by atoms with Crippen molar-refractivity contribution < 1.29 is 8.60 Å². The molecule has 0 aliphatic heterocycles. The number of rotatable bonds is 3. The molecule has 0 fully saturated rings. The molecule has 2 aromatic rings. The monoisotopic (exact) mass is 242 g/mol. The summed E-state index contributed by atoms with van der Waals surface area (Å²) in [5, 5.41) is 5.47. The maximum absolute atomic E-state index is 13.2. The van der Waals surface area contributed by atoms with Crippen molar-refractivity contribution in [3.63, 3.8) is 0 Å². The summed E-state index contributed by atoms with van der Waals surface area (Å²) >= 11 is 1.19. The first-order valence-corrected chi connectivity index (χ1v) is 6.32. The van der Waals surface area contributed by atoms with Crippen LogP contribution in [0.25, 0.3) is 0 Å². The van der Waals surface area contributed by atoms with Crippen LogP contribution < -0.4 is 0 Å². The molecule has 6 heteroatoms. The van der Waals surface area contributed by atoms with Crippen LogP contribution in [0.4, 0.5) is 4.39 Å². The molecule has 1 heterocycles. The minimum Gasteiger partial charge on any atom is -0.254 e. The predicted octanol–water partition coefficient (Wildman–Crippen LogP) is 1.99. The summed E-state index contributed by atoms with van der Waals surface area (Å²) in [4.78, 5) is 0.213. The Bertz CT molecular complexity index is 473. The fraction of sp³-hybridized carbons (Fsp3) is 0.111. The summed E-state index contributed by atoms with van der Waals surface area (Å²) in [6, 6.07) is 6.05. The number of benzene rings is 1. The molecule has 0 bridgehead atoms. The predicted molar refractivity (Wildman–Crippen MR) is 56.4 cm³/mol. The fourth-order valence-electron chi connectivity index (χ4n) is 1.09. The topological polar surface area (TPSA) is 42.9 Å². The number of hydrogen-bond donors (Lipinski definition) is 0. The summed E-state index contributed by atoms with van der Waals surface area (Å²) in [5.74, 6) is -0.240. The zero-order valence-corrected chi connectivity index (χ0v) is 9.22. The maximum atomic E-state index is 13.2. The Labute approximate surface area is 92.6 Å². The van der Waals surface area contributed by atoms with Gasteiger partial charge in [0.05, 0.1) is 27.1 Å². The third-order valence-electron chi connectivity index (χ3n) is 1.77. The van der Waals surface area contributed by atoms with Crippen molar-refractivity contribution in [2.75, 3.05) is 0 Å². The highest BCUT2D eigenvalue weighted by atomic mass is 32.2. The van der Waals surface area contributed by atoms with Crippen molar-refractivity contribution in [3.8, 4) is 0 Å². The first-order valence-electron chi connectivity index (χ1n) is 4.16. The third kappa shape index (κ3) is 2.45. The van der Waals surface area contributed by atoms with Gasteiger partial charge in [-0.2, -0.15) is 0 Å². The Hall–Kier alpha value is -1.14. The van der Waals surface area contributed by atoms with E-state index in [-0.39, 0.29) is 10.6 Å². The van der Waals surface area contributed by atoms with Gasteiger partial charge >= 0.3 is 0 Å². The van der Waals surface area contributed by atoms with E-state index in [1.54, 1.807) is 17.5 Å². The lowest BCUT2D eigenvalue weighted by molar-refractivity contribution is 0.595. The quantitative estimate of drug-likeness (QED) is 0.826. The molecule has 78 valence electrons. The average molecular weight is 242 g/mol. The van der Waals surface area contributed by atoms with E-state index in [0.717, 1.165) is 0 Å². The van der Waals surface area contributed by atoms with Crippen molar-refractivity contribution >= 4 is 22.3 Å². The molecule has 15 heavy (non-hydrogen) atoms. The molecule has 0 saturated heterocycles. The van der Waals surface area contributed by atoms with Gasteiger partial charge < -0.3 is 0 Å². The van der Waals surface area contributed by atoms with E-state index in [9.17, 15) is 8.60 Å². The van der Waals surface area contributed by atoms with Gasteiger partial charge in [-0.15, -0.1) is 5.10 Å². The van der Waals surface area contributed by atoms with Crippen LogP contribution in [-0.4, -0.2) is 13.8 Å². The fourth-order valence-corrected chi connectivity index (χ4v) is 2.73. The van der Waals surface area contributed by atoms with Crippen LogP contribution in [0.2, 0.25) is 0 Å². The van der Waals surface area contributed by atoms with Crippen LogP contribution >= 0.6 is 11.5 Å². The van der Waals surface area contributed by atoms with Crippen molar-refractivity contribution in [2.45, 2.75) is 10.6 Å². The van der Waals surface area contributed by atoms with Crippen LogP contribution in [0.3, 0.4) is 0 Å². The SMILES string of the molecule is O=S(Cc1csnn1)c1ccccc1F. The van der Waals surface area contributed by atoms with Gasteiger partial charge in [0.25, 0.3) is 0 Å². The molecule has 1 unspecified atom stereocenters. The molecule has 0 spiro atoms. The van der Waals surface area contributed by atoms with Gasteiger partial charge in [0.2, 0.25) is 0 Å². The Kier molecular flexibility index (Phi) is 3.17. The molecule has 0 saturated carbocycles. The van der Waals surface area contributed by atoms with E-state index in [0.29, 0.717) is 5.69 Å². The molecule has 0 amide bonds. The van der Waals surface area contributed by atoms with Gasteiger partial charge in [0, 0.05) is 5.38 Å². The molecule has 1 aromatic heterocycles. The molecular formula is C9H7FN2OS2. The molecule has 1 aromatic carbocycles. The van der Waals surface area contributed by atoms with Crippen LogP contribution in [0, 0.1) is 5.82 Å². The number of hydrogen-bond acceptors (Lipinski definition) is 4. The van der Waals surface area contributed by atoms with Crippen LogP contribution in [0.15, 0.2) is 34.5 Å². The minimum atomic E-state index is -1.40. The van der Waals surface area contributed by atoms with Gasteiger partial charge in [-0.25, -0.2) is 4.39 Å². The van der Waals surface area contributed by atoms with Gasteiger partial charge in [-0.1, -0.05) is 16.6 Å². The minimum absolute atomic E-state index is 0.206. The second-order valence-corrected chi connectivity index (χ2v) is 4.85. The summed E-state index contributed by atoms with van der Waals surface area (Å²) < 4.78 is 28.6. The second-order valence-electron chi connectivity index (χ2n) is 2.82. The first kappa shape index (κ1) is 10.4. The van der Waals surface area contributed by atoms with Crippen LogP contribution in [0.1, 0.15) is 5.69 Å². The Balaban J connectivity index is 2.19. The molecule has 3 nitrogen and oxygen atoms in total. The van der Waals surface area contributed by atoms with E-state index in [4.69, 9.17) is 0 Å². The summed E-state index contributed by atoms with van der Waals surface area (Å²) in [7, 11) is -1.40. The molecule has 0 aliphatic carbocycles. The third-order valence-corrected chi connectivity index (χ3v) is 3.70. The van der Waals surface area contributed by atoms with E-state index in [1.807, 2.05) is 0 Å². The van der Waals surface area contributed by atoms with Crippen LogP contribution in [0.5, 0.6) is 0 Å². The van der Waals surface area contributed by atoms with E-state index in [2.05, 4.69) is 9.59 Å². The molecular weight excluding hydrogens is 235 g/mol. The highest BCUT2D eigenvalue weighted by molar-refractivity contribution is 7.84. The summed E-state index contributed by atoms with van der Waals surface area (Å²) in [5.41, 5.74) is 0.626. The van der Waals surface area contributed by atoms with Gasteiger partial charge in [-0.05, 0) is 23.7 Å². The molecule has 0 aliphatic rings. The molecule has 0 radical (unpaired) electrons. The van der Waals surface area contributed by atoms with Crippen molar-refractivity contribution in [1.29, 1.82) is 0 Å². The highest BCUT2D eigenvalue weighted by Gasteiger charge is 2.11. The van der Waals surface area contributed by atoms with Crippen LogP contribution in [-0.2, 0) is 16.6 Å². The lowest BCUT2D eigenvalue weighted by Gasteiger charge is -2.00. The van der Waals surface area contributed by atoms with E-state index in [1.165, 1.54) is 23.7 Å². The lowest BCUT2D eigenvalue weighted by atomic mass is 10.3. The standard InChI is InChI=1S/C9H7FN2OS2/c10-8-3-1-2-4-9(8)15(13)6-7-5-14-12-11-7/h1-5H,6H2. The largest absolute Gasteiger partial charge is 0.254 e. The Morgan fingerprint density at radius 2 is 2.20 bits per heavy atom. The van der Waals surface area contributed by atoms with Gasteiger partial charge in [0.1, 0.15) is 5.82 Å². The maximum Gasteiger partial charge on any atom is 0.139 e. The van der Waals surface area contributed by atoms with Gasteiger partial charge in [0.15, 0.2) is 0 Å². The molecule has 0 N–H and O–H groups in total. The number of aromatic nitrogens is 2. The van der Waals surface area contributed by atoms with E-state index >= 15 is 0 Å². The zero-order valence-electron chi connectivity index (χ0n) is 7.59. The van der Waals surface area contributed by atoms with Crippen molar-refractivity contribution in [3.05, 3.63) is 41.2 Å². The number of nitrogens with zero attached hydrogens (tertiary/aromatic N) is 2. The molecule has 1 atom stereocenters. The summed E-state index contributed by atoms with van der Waals surface area (Å²) in [6.07, 6.45) is 0. The average Bonchev–Trinajstić information content (AvgIpc) is 2.71. The number of halogens is 1. The zero-order chi connectivity index (χ0) is 10.7. The lowest BCUT2D eigenvalue weighted by Crippen LogP contribution is -1.99. The van der Waals surface area contributed by atoms with E-state index < -0.39 is 16.6 Å². The second kappa shape index (κ2) is 4.59. The van der Waals surface area contributed by atoms with Crippen molar-refractivity contribution in [2.24, 2.45) is 0 Å². The Morgan fingerprint density at radius 1 is 1.40 bits per heavy atom. The van der Waals surface area contributed by atoms with Crippen molar-refractivity contribution in [1.82, 2.24) is 9.59 Å². The Morgan fingerprint density at radius 3 is 2.87 bits per heavy atom. The summed E-state index contributed by atoms with van der Waals surface area (Å²) in [6.45, 7) is 0. The van der Waals surface area contributed by atoms with Gasteiger partial charge in [-0.3, -0.25) is 4.21 Å². The first-order chi connectivity index (χ1) is 7.27. The normalized spacial score (nSPS) is 12.6. The highest BCUT2D eigenvalue weighted by Crippen LogP contribution is 2.14.